The minimum atomic E-state index is -1.36. The predicted molar refractivity (Wildman–Crippen MR) is 61.5 cm³/mol. The van der Waals surface area contributed by atoms with Crippen LogP contribution in [0.1, 0.15) is 13.8 Å². The van der Waals surface area contributed by atoms with Gasteiger partial charge in [0.25, 0.3) is 0 Å². The lowest BCUT2D eigenvalue weighted by Gasteiger charge is -2.32. The summed E-state index contributed by atoms with van der Waals surface area (Å²) in [6, 6.07) is 0. The molecule has 82 valence electrons. The second kappa shape index (κ2) is 5.19. The molecule has 0 atom stereocenters. The summed E-state index contributed by atoms with van der Waals surface area (Å²) in [6.07, 6.45) is 1.56. The minimum absolute atomic E-state index is 0.255. The van der Waals surface area contributed by atoms with Crippen LogP contribution in [-0.4, -0.2) is 32.4 Å². The molecule has 0 rings (SSSR count). The van der Waals surface area contributed by atoms with Gasteiger partial charge in [0.15, 0.2) is 0 Å². The quantitative estimate of drug-likeness (QED) is 0.409. The number of rotatable bonds is 4. The van der Waals surface area contributed by atoms with Gasteiger partial charge in [-0.3, -0.25) is 0 Å². The number of hydrogen-bond acceptors (Lipinski definition) is 3. The normalized spacial score (nSPS) is 12.6. The molecule has 0 aromatic heterocycles. The van der Waals surface area contributed by atoms with Crippen molar-refractivity contribution in [1.82, 2.24) is 4.57 Å². The summed E-state index contributed by atoms with van der Waals surface area (Å²) in [5.41, 5.74) is 0.975. The highest BCUT2D eigenvalue weighted by Crippen LogP contribution is 2.13. The van der Waals surface area contributed by atoms with Crippen LogP contribution < -0.4 is 0 Å². The van der Waals surface area contributed by atoms with E-state index in [4.69, 9.17) is 4.74 Å². The molecule has 0 aromatic carbocycles. The van der Waals surface area contributed by atoms with Crippen LogP contribution in [0.5, 0.6) is 0 Å². The molecule has 0 saturated heterocycles. The average Bonchev–Trinajstić information content (AvgIpc) is 2.01. The van der Waals surface area contributed by atoms with Crippen molar-refractivity contribution in [2.45, 2.75) is 33.5 Å². The summed E-state index contributed by atoms with van der Waals surface area (Å²) >= 11 is 0. The number of nitrogens with zero attached hydrogens (tertiary/aromatic N) is 1. The lowest BCUT2D eigenvalue weighted by Crippen LogP contribution is -2.41. The Balaban J connectivity index is 4.45. The van der Waals surface area contributed by atoms with Crippen molar-refractivity contribution in [1.29, 1.82) is 0 Å². The first-order chi connectivity index (χ1) is 6.29. The second-order valence-electron chi connectivity index (χ2n) is 4.27. The highest BCUT2D eigenvalue weighted by molar-refractivity contribution is 6.73. The van der Waals surface area contributed by atoms with E-state index in [9.17, 15) is 4.79 Å². The third-order valence-electron chi connectivity index (χ3n) is 2.15. The van der Waals surface area contributed by atoms with Crippen molar-refractivity contribution in [2.75, 3.05) is 13.7 Å². The SMILES string of the molecule is CCOC(=O)/C=C(/C)N(C)[Si](C)(C)C. The van der Waals surface area contributed by atoms with Gasteiger partial charge in [-0.15, -0.1) is 0 Å². The molecule has 0 aliphatic carbocycles. The topological polar surface area (TPSA) is 29.5 Å². The maximum atomic E-state index is 11.2. The van der Waals surface area contributed by atoms with Crippen LogP contribution in [0.3, 0.4) is 0 Å². The van der Waals surface area contributed by atoms with Crippen LogP contribution in [0, 0.1) is 0 Å². The summed E-state index contributed by atoms with van der Waals surface area (Å²) < 4.78 is 7.03. The third kappa shape index (κ3) is 4.46. The van der Waals surface area contributed by atoms with E-state index in [1.54, 1.807) is 6.08 Å². The van der Waals surface area contributed by atoms with Gasteiger partial charge in [-0.2, -0.15) is 0 Å². The molecule has 0 aromatic rings. The Labute approximate surface area is 87.8 Å². The summed E-state index contributed by atoms with van der Waals surface area (Å²) in [5.74, 6) is -0.255. The van der Waals surface area contributed by atoms with Crippen molar-refractivity contribution in [3.8, 4) is 0 Å². The van der Waals surface area contributed by atoms with Gasteiger partial charge in [0.05, 0.1) is 6.61 Å². The maximum absolute atomic E-state index is 11.2. The van der Waals surface area contributed by atoms with E-state index in [2.05, 4.69) is 24.2 Å². The fourth-order valence-corrected chi connectivity index (χ4v) is 2.10. The van der Waals surface area contributed by atoms with E-state index < -0.39 is 8.24 Å². The van der Waals surface area contributed by atoms with Gasteiger partial charge in [-0.25, -0.2) is 4.79 Å². The summed E-state index contributed by atoms with van der Waals surface area (Å²) in [7, 11) is 0.669. The molecule has 0 spiro atoms. The molecular weight excluding hydrogens is 194 g/mol. The molecule has 0 bridgehead atoms. The Hall–Kier alpha value is -0.773. The summed E-state index contributed by atoms with van der Waals surface area (Å²) in [6.45, 7) is 10.9. The molecule has 0 aliphatic rings. The van der Waals surface area contributed by atoms with Gasteiger partial charge in [0, 0.05) is 11.8 Å². The van der Waals surface area contributed by atoms with Crippen LogP contribution in [0.15, 0.2) is 11.8 Å². The molecule has 3 nitrogen and oxygen atoms in total. The molecule has 0 radical (unpaired) electrons. The Morgan fingerprint density at radius 3 is 2.29 bits per heavy atom. The third-order valence-corrected chi connectivity index (χ3v) is 4.51. The molecule has 4 heteroatoms. The number of allylic oxidation sites excluding steroid dienone is 1. The van der Waals surface area contributed by atoms with E-state index >= 15 is 0 Å². The summed E-state index contributed by atoms with van der Waals surface area (Å²) in [4.78, 5) is 11.2. The van der Waals surface area contributed by atoms with Crippen molar-refractivity contribution in [2.24, 2.45) is 0 Å². The maximum Gasteiger partial charge on any atom is 0.332 e. The lowest BCUT2D eigenvalue weighted by atomic mass is 10.4. The first-order valence-electron chi connectivity index (χ1n) is 4.88. The molecular formula is C10H21NO2Si. The molecule has 14 heavy (non-hydrogen) atoms. The molecule has 0 N–H and O–H groups in total. The van der Waals surface area contributed by atoms with Gasteiger partial charge in [0.2, 0.25) is 0 Å². The Morgan fingerprint density at radius 1 is 1.43 bits per heavy atom. The first-order valence-corrected chi connectivity index (χ1v) is 8.32. The van der Waals surface area contributed by atoms with E-state index in [0.717, 1.165) is 5.70 Å². The molecule has 0 heterocycles. The van der Waals surface area contributed by atoms with Crippen molar-refractivity contribution >= 4 is 14.2 Å². The average molecular weight is 215 g/mol. The largest absolute Gasteiger partial charge is 0.463 e. The number of hydrogen-bond donors (Lipinski definition) is 0. The number of ether oxygens (including phenoxy) is 1. The lowest BCUT2D eigenvalue weighted by molar-refractivity contribution is -0.137. The predicted octanol–water partition coefficient (Wildman–Crippen LogP) is 2.22. The number of carbonyl (C=O) groups excluding carboxylic acids is 1. The Kier molecular flexibility index (Phi) is 4.91. The molecule has 0 aliphatic heterocycles. The van der Waals surface area contributed by atoms with Crippen LogP contribution >= 0.6 is 0 Å². The van der Waals surface area contributed by atoms with Crippen molar-refractivity contribution in [3.63, 3.8) is 0 Å². The van der Waals surface area contributed by atoms with Crippen LogP contribution in [-0.2, 0) is 9.53 Å². The smallest absolute Gasteiger partial charge is 0.332 e. The van der Waals surface area contributed by atoms with Crippen molar-refractivity contribution < 1.29 is 9.53 Å². The van der Waals surface area contributed by atoms with Gasteiger partial charge in [-0.05, 0) is 20.9 Å². The van der Waals surface area contributed by atoms with Crippen LogP contribution in [0.2, 0.25) is 19.6 Å². The molecule has 0 amide bonds. The van der Waals surface area contributed by atoms with E-state index in [1.165, 1.54) is 0 Å². The van der Waals surface area contributed by atoms with Gasteiger partial charge < -0.3 is 9.30 Å². The minimum Gasteiger partial charge on any atom is -0.463 e. The number of carbonyl (C=O) groups is 1. The molecule has 0 fully saturated rings. The van der Waals surface area contributed by atoms with E-state index in [1.807, 2.05) is 20.9 Å². The van der Waals surface area contributed by atoms with E-state index in [-0.39, 0.29) is 5.97 Å². The summed E-state index contributed by atoms with van der Waals surface area (Å²) in [5, 5.41) is 0. The Bertz CT molecular complexity index is 231. The molecule has 0 saturated carbocycles. The first kappa shape index (κ1) is 13.2. The fraction of sp³-hybridized carbons (Fsp3) is 0.700. The zero-order chi connectivity index (χ0) is 11.4. The Morgan fingerprint density at radius 2 is 1.93 bits per heavy atom. The van der Waals surface area contributed by atoms with Crippen molar-refractivity contribution in [3.05, 3.63) is 11.8 Å². The highest BCUT2D eigenvalue weighted by Gasteiger charge is 2.20. The molecule has 0 unspecified atom stereocenters. The van der Waals surface area contributed by atoms with Gasteiger partial charge in [-0.1, -0.05) is 19.6 Å². The van der Waals surface area contributed by atoms with Gasteiger partial charge in [0.1, 0.15) is 8.24 Å². The zero-order valence-corrected chi connectivity index (χ0v) is 11.0. The second-order valence-corrected chi connectivity index (χ2v) is 9.28. The fourth-order valence-electron chi connectivity index (χ4n) is 0.980. The number of esters is 1. The standard InChI is InChI=1S/C10H21NO2Si/c1-7-13-10(12)8-9(2)11(3)14(4,5)6/h8H,7H2,1-6H3/b9-8-. The zero-order valence-electron chi connectivity index (χ0n) is 10.0. The van der Waals surface area contributed by atoms with Crippen LogP contribution in [0.4, 0.5) is 0 Å². The van der Waals surface area contributed by atoms with Gasteiger partial charge >= 0.3 is 5.97 Å². The highest BCUT2D eigenvalue weighted by atomic mass is 28.3. The monoisotopic (exact) mass is 215 g/mol. The van der Waals surface area contributed by atoms with E-state index in [0.29, 0.717) is 6.61 Å². The van der Waals surface area contributed by atoms with Crippen LogP contribution in [0.25, 0.3) is 0 Å².